The second-order valence-corrected chi connectivity index (χ2v) is 8.24. The van der Waals surface area contributed by atoms with Gasteiger partial charge in [-0.2, -0.15) is 5.10 Å². The molecule has 33 heavy (non-hydrogen) atoms. The van der Waals surface area contributed by atoms with Crippen molar-refractivity contribution in [3.05, 3.63) is 72.5 Å². The van der Waals surface area contributed by atoms with Gasteiger partial charge in [0, 0.05) is 18.7 Å². The molecule has 166 valence electrons. The van der Waals surface area contributed by atoms with Crippen molar-refractivity contribution in [2.45, 2.75) is 12.5 Å². The third kappa shape index (κ3) is 4.01. The highest BCUT2D eigenvalue weighted by atomic mass is 35.5. The van der Waals surface area contributed by atoms with Gasteiger partial charge in [0.2, 0.25) is 0 Å². The molecule has 8 nitrogen and oxygen atoms in total. The minimum absolute atomic E-state index is 0.00560. The fraction of sp³-hybridized carbons (Fsp3) is 0.167. The summed E-state index contributed by atoms with van der Waals surface area (Å²) >= 11 is 5.81. The van der Waals surface area contributed by atoms with Crippen LogP contribution in [0.2, 0.25) is 0 Å². The lowest BCUT2D eigenvalue weighted by molar-refractivity contribution is -0.125. The van der Waals surface area contributed by atoms with E-state index in [2.05, 4.69) is 16.5 Å². The molecule has 1 saturated heterocycles. The number of nitrogen functional groups attached to an aromatic ring is 1. The first-order valence-electron chi connectivity index (χ1n) is 10.5. The van der Waals surface area contributed by atoms with Crippen molar-refractivity contribution < 1.29 is 9.53 Å². The van der Waals surface area contributed by atoms with Crippen LogP contribution < -0.4 is 10.5 Å². The molecule has 0 saturated carbocycles. The maximum atomic E-state index is 12.2. The third-order valence-corrected chi connectivity index (χ3v) is 5.81. The van der Waals surface area contributed by atoms with Crippen LogP contribution in [0.5, 0.6) is 11.5 Å². The number of halogens is 1. The SMILES string of the molecule is C=C(Cl)C(=O)N1CC[C@@H](n2nc(-c3ccc(Oc4ccccc4)cc3)c3c(N)ncnc32)C1. The predicted molar refractivity (Wildman–Crippen MR) is 127 cm³/mol. The van der Waals surface area contributed by atoms with Gasteiger partial charge in [0.1, 0.15) is 29.3 Å². The molecule has 0 bridgehead atoms. The summed E-state index contributed by atoms with van der Waals surface area (Å²) in [6, 6.07) is 17.2. The Kier molecular flexibility index (Phi) is 5.43. The minimum atomic E-state index is -0.265. The average Bonchev–Trinajstić information content (AvgIpc) is 3.46. The molecule has 1 atom stereocenters. The number of amides is 1. The van der Waals surface area contributed by atoms with Crippen LogP contribution >= 0.6 is 11.6 Å². The number of ether oxygens (including phenoxy) is 1. The van der Waals surface area contributed by atoms with E-state index in [0.717, 1.165) is 17.7 Å². The summed E-state index contributed by atoms with van der Waals surface area (Å²) in [5.74, 6) is 1.56. The Morgan fingerprint density at radius 1 is 1.09 bits per heavy atom. The molecule has 9 heteroatoms. The fourth-order valence-corrected chi connectivity index (χ4v) is 4.17. The summed E-state index contributed by atoms with van der Waals surface area (Å²) in [7, 11) is 0. The van der Waals surface area contributed by atoms with Crippen molar-refractivity contribution in [1.82, 2.24) is 24.6 Å². The minimum Gasteiger partial charge on any atom is -0.457 e. The quantitative estimate of drug-likeness (QED) is 0.443. The molecule has 4 aromatic rings. The van der Waals surface area contributed by atoms with Crippen molar-refractivity contribution in [2.75, 3.05) is 18.8 Å². The van der Waals surface area contributed by atoms with E-state index in [4.69, 9.17) is 27.2 Å². The Hall–Kier alpha value is -3.91. The number of nitrogens with two attached hydrogens (primary N) is 1. The van der Waals surface area contributed by atoms with Gasteiger partial charge < -0.3 is 15.4 Å². The number of fused-ring (bicyclic) bond motifs is 1. The van der Waals surface area contributed by atoms with Crippen molar-refractivity contribution in [2.24, 2.45) is 0 Å². The van der Waals surface area contributed by atoms with Crippen molar-refractivity contribution >= 4 is 34.4 Å². The molecule has 0 radical (unpaired) electrons. The number of anilines is 1. The first kappa shape index (κ1) is 21.0. The Labute approximate surface area is 195 Å². The molecule has 3 heterocycles. The molecule has 0 aliphatic carbocycles. The lowest BCUT2D eigenvalue weighted by Gasteiger charge is -2.16. The molecular formula is C24H21ClN6O2. The van der Waals surface area contributed by atoms with Crippen LogP contribution in [0.3, 0.4) is 0 Å². The molecular weight excluding hydrogens is 440 g/mol. The summed E-state index contributed by atoms with van der Waals surface area (Å²) in [6.45, 7) is 4.57. The second-order valence-electron chi connectivity index (χ2n) is 7.79. The van der Waals surface area contributed by atoms with E-state index in [1.54, 1.807) is 4.90 Å². The maximum Gasteiger partial charge on any atom is 0.264 e. The molecule has 5 rings (SSSR count). The van der Waals surface area contributed by atoms with Crippen LogP contribution in [-0.2, 0) is 4.79 Å². The molecule has 0 spiro atoms. The molecule has 1 amide bonds. The Morgan fingerprint density at radius 3 is 2.55 bits per heavy atom. The Bertz CT molecular complexity index is 1340. The Morgan fingerprint density at radius 2 is 1.82 bits per heavy atom. The number of carbonyl (C=O) groups is 1. The van der Waals surface area contributed by atoms with Gasteiger partial charge in [0.25, 0.3) is 5.91 Å². The summed E-state index contributed by atoms with van der Waals surface area (Å²) in [5, 5.41) is 5.54. The summed E-state index contributed by atoms with van der Waals surface area (Å²) in [6.07, 6.45) is 2.15. The van der Waals surface area contributed by atoms with Gasteiger partial charge in [-0.1, -0.05) is 36.4 Å². The highest BCUT2D eigenvalue weighted by Gasteiger charge is 2.31. The fourth-order valence-electron chi connectivity index (χ4n) is 4.06. The smallest absolute Gasteiger partial charge is 0.264 e. The van der Waals surface area contributed by atoms with Crippen LogP contribution in [0.25, 0.3) is 22.3 Å². The van der Waals surface area contributed by atoms with E-state index in [9.17, 15) is 4.79 Å². The van der Waals surface area contributed by atoms with Crippen LogP contribution in [0.15, 0.2) is 72.5 Å². The molecule has 2 aromatic heterocycles. The van der Waals surface area contributed by atoms with Crippen LogP contribution in [0.1, 0.15) is 12.5 Å². The van der Waals surface area contributed by atoms with Crippen LogP contribution in [0.4, 0.5) is 5.82 Å². The lowest BCUT2D eigenvalue weighted by Crippen LogP contribution is -2.29. The van der Waals surface area contributed by atoms with Gasteiger partial charge in [-0.3, -0.25) is 4.79 Å². The third-order valence-electron chi connectivity index (χ3n) is 5.65. The van der Waals surface area contributed by atoms with Crippen molar-refractivity contribution in [3.63, 3.8) is 0 Å². The molecule has 1 aliphatic rings. The van der Waals surface area contributed by atoms with Crippen LogP contribution in [-0.4, -0.2) is 43.6 Å². The van der Waals surface area contributed by atoms with E-state index >= 15 is 0 Å². The number of hydrogen-bond acceptors (Lipinski definition) is 6. The van der Waals surface area contributed by atoms with Gasteiger partial charge in [0.15, 0.2) is 5.65 Å². The second kappa shape index (κ2) is 8.55. The number of hydrogen-bond donors (Lipinski definition) is 1. The van der Waals surface area contributed by atoms with E-state index in [-0.39, 0.29) is 17.0 Å². The van der Waals surface area contributed by atoms with Gasteiger partial charge in [0.05, 0.1) is 16.5 Å². The van der Waals surface area contributed by atoms with Gasteiger partial charge in [-0.05, 0) is 42.8 Å². The molecule has 2 N–H and O–H groups in total. The predicted octanol–water partition coefficient (Wildman–Crippen LogP) is 4.39. The zero-order valence-electron chi connectivity index (χ0n) is 17.7. The Balaban J connectivity index is 1.48. The van der Waals surface area contributed by atoms with E-state index < -0.39 is 0 Å². The van der Waals surface area contributed by atoms with Crippen LogP contribution in [0, 0.1) is 0 Å². The lowest BCUT2D eigenvalue weighted by atomic mass is 10.1. The number of para-hydroxylation sites is 1. The topological polar surface area (TPSA) is 99.2 Å². The van der Waals surface area contributed by atoms with Crippen molar-refractivity contribution in [1.29, 1.82) is 0 Å². The normalized spacial score (nSPS) is 15.7. The van der Waals surface area contributed by atoms with Gasteiger partial charge >= 0.3 is 0 Å². The number of carbonyl (C=O) groups excluding carboxylic acids is 1. The first-order valence-corrected chi connectivity index (χ1v) is 10.8. The van der Waals surface area contributed by atoms with Gasteiger partial charge in [-0.25, -0.2) is 14.6 Å². The number of nitrogens with zero attached hydrogens (tertiary/aromatic N) is 5. The summed E-state index contributed by atoms with van der Waals surface area (Å²) < 4.78 is 7.72. The monoisotopic (exact) mass is 460 g/mol. The highest BCUT2D eigenvalue weighted by molar-refractivity contribution is 6.41. The zero-order chi connectivity index (χ0) is 22.9. The summed E-state index contributed by atoms with van der Waals surface area (Å²) in [4.78, 5) is 22.5. The van der Waals surface area contributed by atoms with E-state index in [1.807, 2.05) is 59.3 Å². The molecule has 1 aliphatic heterocycles. The molecule has 0 unspecified atom stereocenters. The number of aromatic nitrogens is 4. The van der Waals surface area contributed by atoms with E-state index in [0.29, 0.717) is 41.4 Å². The number of rotatable bonds is 5. The molecule has 1 fully saturated rings. The van der Waals surface area contributed by atoms with E-state index in [1.165, 1.54) is 6.33 Å². The summed E-state index contributed by atoms with van der Waals surface area (Å²) in [5.41, 5.74) is 8.40. The number of benzene rings is 2. The maximum absolute atomic E-state index is 12.2. The first-order chi connectivity index (χ1) is 16.0. The highest BCUT2D eigenvalue weighted by Crippen LogP contribution is 2.35. The largest absolute Gasteiger partial charge is 0.457 e. The zero-order valence-corrected chi connectivity index (χ0v) is 18.4. The standard InChI is InChI=1S/C24H21ClN6O2/c1-15(25)24(32)30-12-11-17(13-30)31-23-20(22(26)27-14-28-23)21(29-31)16-7-9-19(10-8-16)33-18-5-3-2-4-6-18/h2-10,14,17H,1,11-13H2,(H2,26,27,28)/t17-/m1/s1. The van der Waals surface area contributed by atoms with Gasteiger partial charge in [-0.15, -0.1) is 0 Å². The molecule has 2 aromatic carbocycles. The average molecular weight is 461 g/mol. The number of likely N-dealkylation sites (tertiary alicyclic amines) is 1. The van der Waals surface area contributed by atoms with Crippen molar-refractivity contribution in [3.8, 4) is 22.8 Å².